The van der Waals surface area contributed by atoms with Gasteiger partial charge >= 0.3 is 0 Å². The van der Waals surface area contributed by atoms with Gasteiger partial charge in [0, 0.05) is 31.9 Å². The van der Waals surface area contributed by atoms with Gasteiger partial charge in [0.25, 0.3) is 0 Å². The zero-order valence-electron chi connectivity index (χ0n) is 15.3. The first-order chi connectivity index (χ1) is 11.6. The number of nitrogens with zero attached hydrogens (tertiary/aromatic N) is 1. The molecule has 0 aliphatic rings. The fraction of sp³-hybridized carbons (Fsp3) is 0.611. The van der Waals surface area contributed by atoms with E-state index in [9.17, 15) is 5.11 Å². The van der Waals surface area contributed by atoms with E-state index in [1.54, 1.807) is 6.07 Å². The van der Waals surface area contributed by atoms with E-state index < -0.39 is 0 Å². The van der Waals surface area contributed by atoms with Gasteiger partial charge in [-0.25, -0.2) is 4.99 Å². The van der Waals surface area contributed by atoms with Crippen molar-refractivity contribution < 1.29 is 14.6 Å². The molecule has 0 unspecified atom stereocenters. The minimum absolute atomic E-state index is 0.140. The molecule has 0 aliphatic carbocycles. The fourth-order valence-corrected chi connectivity index (χ4v) is 2.07. The number of para-hydroxylation sites is 1. The smallest absolute Gasteiger partial charge is 0.191 e. The molecule has 6 nitrogen and oxygen atoms in total. The lowest BCUT2D eigenvalue weighted by atomic mass is 10.2. The number of benzene rings is 1. The first-order valence-corrected chi connectivity index (χ1v) is 8.53. The molecule has 6 heteroatoms. The molecular formula is C18H31N3O3. The molecule has 1 rings (SSSR count). The van der Waals surface area contributed by atoms with Gasteiger partial charge in [-0.1, -0.05) is 26.0 Å². The van der Waals surface area contributed by atoms with Gasteiger partial charge in [0.05, 0.1) is 13.7 Å². The minimum atomic E-state index is 0.140. The van der Waals surface area contributed by atoms with Crippen LogP contribution in [0, 0.1) is 5.92 Å². The summed E-state index contributed by atoms with van der Waals surface area (Å²) in [6.07, 6.45) is 0.918. The molecular weight excluding hydrogens is 306 g/mol. The molecule has 0 heterocycles. The third-order valence-electron chi connectivity index (χ3n) is 3.26. The number of phenolic OH excluding ortho intramolecular Hbond substituents is 1. The number of hydrogen-bond donors (Lipinski definition) is 3. The van der Waals surface area contributed by atoms with E-state index in [1.807, 2.05) is 19.1 Å². The van der Waals surface area contributed by atoms with Crippen molar-refractivity contribution in [3.8, 4) is 11.5 Å². The molecule has 0 fully saturated rings. The quantitative estimate of drug-likeness (QED) is 0.347. The van der Waals surface area contributed by atoms with Crippen molar-refractivity contribution in [1.82, 2.24) is 10.6 Å². The maximum atomic E-state index is 10.1. The number of aliphatic imine (C=N–C) groups is 1. The Morgan fingerprint density at radius 1 is 1.29 bits per heavy atom. The standard InChI is InChI=1S/C18H31N3O3/c1-5-19-18(20-10-7-11-24-13-14(2)3)21-12-15-8-6-9-16(23-4)17(15)22/h6,8-9,14,22H,5,7,10-13H2,1-4H3,(H2,19,20,21). The predicted molar refractivity (Wildman–Crippen MR) is 97.8 cm³/mol. The Bertz CT molecular complexity index is 504. The van der Waals surface area contributed by atoms with Crippen LogP contribution in [0.1, 0.15) is 32.8 Å². The Balaban J connectivity index is 2.48. The van der Waals surface area contributed by atoms with E-state index >= 15 is 0 Å². The molecule has 1 aromatic rings. The van der Waals surface area contributed by atoms with Crippen LogP contribution in [0.2, 0.25) is 0 Å². The maximum absolute atomic E-state index is 10.1. The summed E-state index contributed by atoms with van der Waals surface area (Å²) < 4.78 is 10.7. The topological polar surface area (TPSA) is 75.1 Å². The van der Waals surface area contributed by atoms with Gasteiger partial charge in [-0.2, -0.15) is 0 Å². The average molecular weight is 337 g/mol. The second kappa shape index (κ2) is 11.6. The molecule has 24 heavy (non-hydrogen) atoms. The van der Waals surface area contributed by atoms with Crippen LogP contribution in [0.4, 0.5) is 0 Å². The van der Waals surface area contributed by atoms with Gasteiger partial charge in [-0.05, 0) is 25.3 Å². The number of aromatic hydroxyl groups is 1. The van der Waals surface area contributed by atoms with Gasteiger partial charge in [0.1, 0.15) is 0 Å². The normalized spacial score (nSPS) is 11.6. The van der Waals surface area contributed by atoms with Crippen LogP contribution in [-0.4, -0.2) is 44.5 Å². The highest BCUT2D eigenvalue weighted by Gasteiger charge is 2.07. The summed E-state index contributed by atoms with van der Waals surface area (Å²) in [6.45, 7) is 9.77. The van der Waals surface area contributed by atoms with Crippen molar-refractivity contribution in [2.45, 2.75) is 33.7 Å². The number of nitrogens with one attached hydrogen (secondary N) is 2. The molecule has 0 aromatic heterocycles. The number of ether oxygens (including phenoxy) is 2. The van der Waals surface area contributed by atoms with E-state index in [0.29, 0.717) is 18.2 Å². The Morgan fingerprint density at radius 3 is 2.75 bits per heavy atom. The molecule has 0 saturated carbocycles. The number of rotatable bonds is 10. The Kier molecular flexibility index (Phi) is 9.68. The van der Waals surface area contributed by atoms with Crippen LogP contribution in [0.15, 0.2) is 23.2 Å². The Hall–Kier alpha value is -1.95. The summed E-state index contributed by atoms with van der Waals surface area (Å²) in [5.41, 5.74) is 0.729. The Morgan fingerprint density at radius 2 is 2.08 bits per heavy atom. The van der Waals surface area contributed by atoms with Crippen molar-refractivity contribution in [2.24, 2.45) is 10.9 Å². The van der Waals surface area contributed by atoms with E-state index in [0.717, 1.165) is 44.2 Å². The molecule has 1 aromatic carbocycles. The zero-order chi connectivity index (χ0) is 17.8. The summed E-state index contributed by atoms with van der Waals surface area (Å²) in [5.74, 6) is 1.89. The highest BCUT2D eigenvalue weighted by Crippen LogP contribution is 2.29. The average Bonchev–Trinajstić information content (AvgIpc) is 2.56. The molecule has 0 atom stereocenters. The Labute approximate surface area is 145 Å². The van der Waals surface area contributed by atoms with Crippen LogP contribution in [0.5, 0.6) is 11.5 Å². The molecule has 0 saturated heterocycles. The second-order valence-electron chi connectivity index (χ2n) is 5.91. The zero-order valence-corrected chi connectivity index (χ0v) is 15.3. The van der Waals surface area contributed by atoms with Crippen LogP contribution in [0.3, 0.4) is 0 Å². The number of phenols is 1. The van der Waals surface area contributed by atoms with Gasteiger partial charge in [-0.3, -0.25) is 0 Å². The fourth-order valence-electron chi connectivity index (χ4n) is 2.07. The van der Waals surface area contributed by atoms with Gasteiger partial charge < -0.3 is 25.2 Å². The predicted octanol–water partition coefficient (Wildman–Crippen LogP) is 2.52. The minimum Gasteiger partial charge on any atom is -0.504 e. The number of guanidine groups is 1. The van der Waals surface area contributed by atoms with E-state index in [2.05, 4.69) is 29.5 Å². The van der Waals surface area contributed by atoms with Crippen molar-refractivity contribution in [3.63, 3.8) is 0 Å². The summed E-state index contributed by atoms with van der Waals surface area (Å²) in [5, 5.41) is 16.6. The van der Waals surface area contributed by atoms with E-state index in [4.69, 9.17) is 9.47 Å². The molecule has 0 aliphatic heterocycles. The molecule has 0 radical (unpaired) electrons. The summed E-state index contributed by atoms with van der Waals surface area (Å²) in [4.78, 5) is 4.50. The number of hydrogen-bond acceptors (Lipinski definition) is 4. The van der Waals surface area contributed by atoms with E-state index in [1.165, 1.54) is 7.11 Å². The lowest BCUT2D eigenvalue weighted by molar-refractivity contribution is 0.108. The molecule has 136 valence electrons. The SMILES string of the molecule is CCNC(=NCc1cccc(OC)c1O)NCCCOCC(C)C. The molecule has 0 amide bonds. The van der Waals surface area contributed by atoms with Gasteiger partial charge in [0.15, 0.2) is 17.5 Å². The highest BCUT2D eigenvalue weighted by molar-refractivity contribution is 5.79. The van der Waals surface area contributed by atoms with Crippen molar-refractivity contribution in [3.05, 3.63) is 23.8 Å². The van der Waals surface area contributed by atoms with Gasteiger partial charge in [0.2, 0.25) is 0 Å². The van der Waals surface area contributed by atoms with Crippen molar-refractivity contribution in [2.75, 3.05) is 33.4 Å². The summed E-state index contributed by atoms with van der Waals surface area (Å²) >= 11 is 0. The van der Waals surface area contributed by atoms with E-state index in [-0.39, 0.29) is 5.75 Å². The largest absolute Gasteiger partial charge is 0.504 e. The van der Waals surface area contributed by atoms with Crippen molar-refractivity contribution in [1.29, 1.82) is 0 Å². The summed E-state index contributed by atoms with van der Waals surface area (Å²) in [6, 6.07) is 5.41. The molecule has 0 bridgehead atoms. The van der Waals surface area contributed by atoms with Crippen LogP contribution < -0.4 is 15.4 Å². The third kappa shape index (κ3) is 7.55. The van der Waals surface area contributed by atoms with Crippen molar-refractivity contribution >= 4 is 5.96 Å². The first kappa shape index (κ1) is 20.1. The monoisotopic (exact) mass is 337 g/mol. The van der Waals surface area contributed by atoms with Gasteiger partial charge in [-0.15, -0.1) is 0 Å². The third-order valence-corrected chi connectivity index (χ3v) is 3.26. The van der Waals surface area contributed by atoms with Crippen LogP contribution in [-0.2, 0) is 11.3 Å². The maximum Gasteiger partial charge on any atom is 0.191 e. The summed E-state index contributed by atoms with van der Waals surface area (Å²) in [7, 11) is 1.54. The lowest BCUT2D eigenvalue weighted by Gasteiger charge is -2.12. The lowest BCUT2D eigenvalue weighted by Crippen LogP contribution is -2.38. The highest BCUT2D eigenvalue weighted by atomic mass is 16.5. The molecule has 0 spiro atoms. The van der Waals surface area contributed by atoms with Crippen LogP contribution >= 0.6 is 0 Å². The second-order valence-corrected chi connectivity index (χ2v) is 5.91. The number of methoxy groups -OCH3 is 1. The van der Waals surface area contributed by atoms with Crippen LogP contribution in [0.25, 0.3) is 0 Å². The first-order valence-electron chi connectivity index (χ1n) is 8.53. The molecule has 3 N–H and O–H groups in total.